The van der Waals surface area contributed by atoms with Gasteiger partial charge in [-0.3, -0.25) is 0 Å². The summed E-state index contributed by atoms with van der Waals surface area (Å²) in [5.74, 6) is 0. The number of thiazole rings is 1. The van der Waals surface area contributed by atoms with E-state index >= 15 is 0 Å². The molecule has 4 rings (SSSR count). The maximum Gasteiger partial charge on any atom is 0.344 e. The van der Waals surface area contributed by atoms with E-state index in [4.69, 9.17) is 0 Å². The average molecular weight is 363 g/mol. The Kier molecular flexibility index (Phi) is 4.45. The van der Waals surface area contributed by atoms with Gasteiger partial charge in [-0.1, -0.05) is 41.6 Å². The highest BCUT2D eigenvalue weighted by Gasteiger charge is 2.12. The van der Waals surface area contributed by atoms with Gasteiger partial charge in [-0.25, -0.2) is 9.78 Å². The van der Waals surface area contributed by atoms with Gasteiger partial charge in [0, 0.05) is 11.8 Å². The molecule has 6 nitrogen and oxygen atoms in total. The Morgan fingerprint density at radius 3 is 2.85 bits per heavy atom. The predicted octanol–water partition coefficient (Wildman–Crippen LogP) is 3.54. The van der Waals surface area contributed by atoms with Crippen molar-refractivity contribution in [1.82, 2.24) is 25.3 Å². The highest BCUT2D eigenvalue weighted by Crippen LogP contribution is 2.16. The molecule has 0 saturated carbocycles. The van der Waals surface area contributed by atoms with Crippen molar-refractivity contribution in [1.29, 1.82) is 0 Å². The zero-order chi connectivity index (χ0) is 17.9. The maximum atomic E-state index is 12.4. The molecule has 0 radical (unpaired) electrons. The number of hydrogen-bond donors (Lipinski definition) is 1. The Hall–Kier alpha value is -3.06. The smallest absolute Gasteiger partial charge is 0.330 e. The van der Waals surface area contributed by atoms with Crippen molar-refractivity contribution in [3.63, 3.8) is 0 Å². The van der Waals surface area contributed by atoms with Crippen LogP contribution in [0.1, 0.15) is 21.8 Å². The number of aromatic nitrogens is 4. The summed E-state index contributed by atoms with van der Waals surface area (Å²) in [6.07, 6.45) is 0.796. The van der Waals surface area contributed by atoms with Crippen LogP contribution < -0.4 is 5.32 Å². The second kappa shape index (κ2) is 7.05. The number of para-hydroxylation sites is 1. The number of benzene rings is 2. The molecule has 0 aliphatic rings. The first-order valence-corrected chi connectivity index (χ1v) is 9.15. The highest BCUT2D eigenvalue weighted by molar-refractivity contribution is 7.09. The first-order chi connectivity index (χ1) is 12.7. The van der Waals surface area contributed by atoms with E-state index in [-0.39, 0.29) is 6.03 Å². The molecule has 26 heavy (non-hydrogen) atoms. The molecule has 0 fully saturated rings. The Balaban J connectivity index is 1.42. The third-order valence-corrected chi connectivity index (χ3v) is 5.06. The van der Waals surface area contributed by atoms with E-state index in [0.29, 0.717) is 17.6 Å². The van der Waals surface area contributed by atoms with Crippen LogP contribution in [0.2, 0.25) is 0 Å². The first kappa shape index (κ1) is 16.4. The third kappa shape index (κ3) is 3.34. The molecule has 2 aromatic carbocycles. The lowest BCUT2D eigenvalue weighted by molar-refractivity contribution is 0.239. The van der Waals surface area contributed by atoms with E-state index in [1.807, 2.05) is 41.8 Å². The topological polar surface area (TPSA) is 72.7 Å². The van der Waals surface area contributed by atoms with E-state index in [9.17, 15) is 4.79 Å². The predicted molar refractivity (Wildman–Crippen MR) is 101 cm³/mol. The Morgan fingerprint density at radius 1 is 1.15 bits per heavy atom. The van der Waals surface area contributed by atoms with Crippen LogP contribution in [0.15, 0.2) is 53.9 Å². The number of amides is 1. The fraction of sp³-hybridized carbons (Fsp3) is 0.158. The van der Waals surface area contributed by atoms with Crippen LogP contribution in [-0.2, 0) is 13.0 Å². The van der Waals surface area contributed by atoms with Crippen molar-refractivity contribution < 1.29 is 4.79 Å². The van der Waals surface area contributed by atoms with E-state index in [0.717, 1.165) is 17.1 Å². The van der Waals surface area contributed by atoms with Crippen LogP contribution in [0.5, 0.6) is 0 Å². The summed E-state index contributed by atoms with van der Waals surface area (Å²) in [4.78, 5) is 17.0. The molecule has 0 bridgehead atoms. The van der Waals surface area contributed by atoms with Crippen LogP contribution in [0.4, 0.5) is 4.79 Å². The zero-order valence-electron chi connectivity index (χ0n) is 14.2. The minimum Gasteiger partial charge on any atom is -0.330 e. The normalized spacial score (nSPS) is 11.0. The molecule has 4 aromatic rings. The number of carbonyl (C=O) groups excluding carboxylic acids is 1. The molecule has 130 valence electrons. The van der Waals surface area contributed by atoms with Gasteiger partial charge in [0.05, 0.1) is 17.8 Å². The van der Waals surface area contributed by atoms with Crippen LogP contribution >= 0.6 is 11.3 Å². The Labute approximate surface area is 154 Å². The summed E-state index contributed by atoms with van der Waals surface area (Å²) in [5.41, 5.74) is 4.91. The summed E-state index contributed by atoms with van der Waals surface area (Å²) in [5, 5.41) is 13.7. The number of nitrogens with zero attached hydrogens (tertiary/aromatic N) is 4. The van der Waals surface area contributed by atoms with Crippen LogP contribution in [-0.4, -0.2) is 26.0 Å². The number of carbonyl (C=O) groups is 1. The molecule has 2 heterocycles. The molecule has 2 aromatic heterocycles. The van der Waals surface area contributed by atoms with Crippen molar-refractivity contribution in [2.75, 3.05) is 0 Å². The van der Waals surface area contributed by atoms with Crippen LogP contribution in [0.3, 0.4) is 0 Å². The minimum absolute atomic E-state index is 0.311. The van der Waals surface area contributed by atoms with Gasteiger partial charge in [0.25, 0.3) is 0 Å². The van der Waals surface area contributed by atoms with Gasteiger partial charge in [0.15, 0.2) is 0 Å². The molecular formula is C19H17N5OS. The fourth-order valence-corrected chi connectivity index (χ4v) is 3.49. The first-order valence-electron chi connectivity index (χ1n) is 8.27. The summed E-state index contributed by atoms with van der Waals surface area (Å²) in [6, 6.07) is 15.3. The second-order valence-electron chi connectivity index (χ2n) is 5.98. The Morgan fingerprint density at radius 2 is 1.96 bits per heavy atom. The van der Waals surface area contributed by atoms with Gasteiger partial charge in [-0.05, 0) is 30.2 Å². The van der Waals surface area contributed by atoms with Crippen molar-refractivity contribution in [2.24, 2.45) is 0 Å². The van der Waals surface area contributed by atoms with E-state index in [2.05, 4.69) is 39.7 Å². The van der Waals surface area contributed by atoms with E-state index < -0.39 is 0 Å². The summed E-state index contributed by atoms with van der Waals surface area (Å²) in [7, 11) is 0. The third-order valence-electron chi connectivity index (χ3n) is 4.17. The van der Waals surface area contributed by atoms with Crippen LogP contribution in [0.25, 0.3) is 11.0 Å². The van der Waals surface area contributed by atoms with Gasteiger partial charge in [0.2, 0.25) is 0 Å². The molecule has 1 amide bonds. The summed E-state index contributed by atoms with van der Waals surface area (Å²) >= 11 is 1.55. The second-order valence-corrected chi connectivity index (χ2v) is 6.93. The number of aryl methyl sites for hydroxylation is 1. The summed E-state index contributed by atoms with van der Waals surface area (Å²) in [6.45, 7) is 2.47. The minimum atomic E-state index is -0.311. The maximum absolute atomic E-state index is 12.4. The summed E-state index contributed by atoms with van der Waals surface area (Å²) < 4.78 is 1.27. The molecule has 0 unspecified atom stereocenters. The lowest BCUT2D eigenvalue weighted by Crippen LogP contribution is -2.28. The van der Waals surface area contributed by atoms with Gasteiger partial charge in [-0.15, -0.1) is 16.4 Å². The molecule has 0 spiro atoms. The lowest BCUT2D eigenvalue weighted by Gasteiger charge is -2.03. The van der Waals surface area contributed by atoms with E-state index in [1.165, 1.54) is 15.8 Å². The van der Waals surface area contributed by atoms with E-state index in [1.54, 1.807) is 11.3 Å². The van der Waals surface area contributed by atoms with Gasteiger partial charge in [0.1, 0.15) is 10.5 Å². The van der Waals surface area contributed by atoms with Crippen molar-refractivity contribution in [2.45, 2.75) is 19.9 Å². The number of fused-ring (bicyclic) bond motifs is 1. The average Bonchev–Trinajstić information content (AvgIpc) is 3.28. The molecule has 0 atom stereocenters. The molecule has 7 heteroatoms. The van der Waals surface area contributed by atoms with Gasteiger partial charge in [-0.2, -0.15) is 4.68 Å². The number of rotatable bonds is 4. The number of hydrogen-bond acceptors (Lipinski definition) is 5. The van der Waals surface area contributed by atoms with Crippen LogP contribution in [0, 0.1) is 6.92 Å². The lowest BCUT2D eigenvalue weighted by atomic mass is 10.1. The van der Waals surface area contributed by atoms with Gasteiger partial charge < -0.3 is 5.32 Å². The Bertz CT molecular complexity index is 1070. The van der Waals surface area contributed by atoms with Crippen molar-refractivity contribution in [3.8, 4) is 0 Å². The van der Waals surface area contributed by atoms with Crippen molar-refractivity contribution >= 4 is 28.4 Å². The van der Waals surface area contributed by atoms with Crippen molar-refractivity contribution in [3.05, 3.63) is 75.7 Å². The zero-order valence-corrected chi connectivity index (χ0v) is 15.0. The molecule has 1 N–H and O–H groups in total. The highest BCUT2D eigenvalue weighted by atomic mass is 32.1. The standard InChI is InChI=1S/C19H17N5OS/c1-13-6-2-3-7-14(13)10-15-12-26-18(21-15)11-20-19(25)24-17-9-5-4-8-16(17)22-23-24/h2-9,12H,10-11H2,1H3,(H,20,25). The molecular weight excluding hydrogens is 346 g/mol. The largest absolute Gasteiger partial charge is 0.344 e. The molecule has 0 aliphatic carbocycles. The monoisotopic (exact) mass is 363 g/mol. The van der Waals surface area contributed by atoms with Gasteiger partial charge >= 0.3 is 6.03 Å². The quantitative estimate of drug-likeness (QED) is 0.602. The SMILES string of the molecule is Cc1ccccc1Cc1csc(CNC(=O)n2nnc3ccccc32)n1. The fourth-order valence-electron chi connectivity index (χ4n) is 2.76. The molecule has 0 saturated heterocycles. The number of nitrogens with one attached hydrogen (secondary N) is 1. The molecule has 0 aliphatic heterocycles.